The molecule has 0 saturated heterocycles. The first-order valence-electron chi connectivity index (χ1n) is 8.06. The van der Waals surface area contributed by atoms with Crippen molar-refractivity contribution in [3.63, 3.8) is 0 Å². The van der Waals surface area contributed by atoms with Crippen molar-refractivity contribution in [2.24, 2.45) is 0 Å². The zero-order chi connectivity index (χ0) is 14.2. The fourth-order valence-corrected chi connectivity index (χ4v) is 2.55. The first-order valence-corrected chi connectivity index (χ1v) is 9.19. The average Bonchev–Trinajstić information content (AvgIpc) is 2.39. The molecule has 3 nitrogen and oxygen atoms in total. The molecule has 5 heteroatoms. The molecular formula is C15H32NaO3P. The summed E-state index contributed by atoms with van der Waals surface area (Å²) in [5.41, 5.74) is 0. The number of rotatable bonds is 15. The van der Waals surface area contributed by atoms with E-state index in [1.54, 1.807) is 0 Å². The maximum Gasteiger partial charge on any atom is 1.00 e. The molecule has 1 N–H and O–H groups in total. The second-order valence-corrected chi connectivity index (χ2v) is 6.05. The second kappa shape index (κ2) is 20.3. The Morgan fingerprint density at radius 1 is 0.750 bits per heavy atom. The molecule has 116 valence electrons. The van der Waals surface area contributed by atoms with Crippen molar-refractivity contribution in [3.05, 3.63) is 0 Å². The van der Waals surface area contributed by atoms with Crippen LogP contribution in [-0.2, 0) is 4.52 Å². The molecule has 0 heterocycles. The van der Waals surface area contributed by atoms with Crippen LogP contribution in [0.25, 0.3) is 0 Å². The molecular weight excluding hydrogens is 282 g/mol. The molecule has 0 amide bonds. The van der Waals surface area contributed by atoms with Gasteiger partial charge in [0.2, 0.25) is 0 Å². The maximum absolute atomic E-state index is 10.2. The molecule has 0 aliphatic carbocycles. The minimum atomic E-state index is -2.39. The van der Waals surface area contributed by atoms with Crippen molar-refractivity contribution in [1.29, 1.82) is 0 Å². The molecule has 1 atom stereocenters. The molecule has 0 rings (SSSR count). The molecule has 0 aliphatic heterocycles. The van der Waals surface area contributed by atoms with Gasteiger partial charge in [-0.1, -0.05) is 84.0 Å². The van der Waals surface area contributed by atoms with E-state index in [1.807, 2.05) is 0 Å². The van der Waals surface area contributed by atoms with Crippen LogP contribution in [0.3, 0.4) is 0 Å². The van der Waals surface area contributed by atoms with Crippen molar-refractivity contribution in [3.8, 4) is 0 Å². The number of hydrogen-bond acceptors (Lipinski definition) is 3. The van der Waals surface area contributed by atoms with Crippen LogP contribution in [0.4, 0.5) is 0 Å². The third kappa shape index (κ3) is 21.6. The van der Waals surface area contributed by atoms with Crippen LogP contribution >= 0.6 is 8.60 Å². The van der Waals surface area contributed by atoms with Crippen LogP contribution in [0.5, 0.6) is 0 Å². The molecule has 0 spiro atoms. The Kier molecular flexibility index (Phi) is 23.9. The van der Waals surface area contributed by atoms with Crippen LogP contribution < -0.4 is 34.5 Å². The van der Waals surface area contributed by atoms with Gasteiger partial charge in [-0.15, -0.1) is 0 Å². The monoisotopic (exact) mass is 314 g/mol. The molecule has 0 aromatic carbocycles. The summed E-state index contributed by atoms with van der Waals surface area (Å²) in [6.45, 7) is 2.68. The van der Waals surface area contributed by atoms with Gasteiger partial charge in [-0.2, -0.15) is 0 Å². The molecule has 0 aromatic heterocycles. The van der Waals surface area contributed by atoms with E-state index in [2.05, 4.69) is 11.4 Å². The van der Waals surface area contributed by atoms with Gasteiger partial charge in [-0.25, -0.2) is 0 Å². The minimum absolute atomic E-state index is 0. The average molecular weight is 314 g/mol. The SMILES string of the molecule is CCCCCCCCCCCCCCCOP([O-])O.[Na+]. The predicted octanol–water partition coefficient (Wildman–Crippen LogP) is 1.68. The zero-order valence-electron chi connectivity index (χ0n) is 13.6. The summed E-state index contributed by atoms with van der Waals surface area (Å²) < 4.78 is 4.61. The quantitative estimate of drug-likeness (QED) is 0.284. The Bertz CT molecular complexity index is 171. The van der Waals surface area contributed by atoms with E-state index in [1.165, 1.54) is 70.6 Å². The molecule has 20 heavy (non-hydrogen) atoms. The summed E-state index contributed by atoms with van der Waals surface area (Å²) in [5.74, 6) is 0. The van der Waals surface area contributed by atoms with E-state index in [4.69, 9.17) is 4.89 Å². The van der Waals surface area contributed by atoms with E-state index in [-0.39, 0.29) is 29.6 Å². The van der Waals surface area contributed by atoms with Gasteiger partial charge in [0.1, 0.15) is 0 Å². The Labute approximate surface area is 149 Å². The van der Waals surface area contributed by atoms with Gasteiger partial charge in [0.15, 0.2) is 0 Å². The first kappa shape index (κ1) is 23.6. The van der Waals surface area contributed by atoms with Gasteiger partial charge in [-0.05, 0) is 6.42 Å². The summed E-state index contributed by atoms with van der Waals surface area (Å²) >= 11 is 0. The van der Waals surface area contributed by atoms with Gasteiger partial charge in [0, 0.05) is 0 Å². The zero-order valence-corrected chi connectivity index (χ0v) is 16.5. The number of unbranched alkanes of at least 4 members (excludes halogenated alkanes) is 12. The van der Waals surface area contributed by atoms with Crippen molar-refractivity contribution in [2.75, 3.05) is 6.61 Å². The van der Waals surface area contributed by atoms with E-state index in [9.17, 15) is 4.89 Å². The van der Waals surface area contributed by atoms with Crippen molar-refractivity contribution in [1.82, 2.24) is 0 Å². The van der Waals surface area contributed by atoms with Crippen molar-refractivity contribution in [2.45, 2.75) is 90.4 Å². The Morgan fingerprint density at radius 3 is 1.45 bits per heavy atom. The molecule has 1 unspecified atom stereocenters. The summed E-state index contributed by atoms with van der Waals surface area (Å²) in [6.07, 6.45) is 17.0. The molecule has 0 fully saturated rings. The first-order chi connectivity index (χ1) is 9.27. The van der Waals surface area contributed by atoms with Crippen LogP contribution in [0, 0.1) is 0 Å². The smallest absolute Gasteiger partial charge is 0.786 e. The minimum Gasteiger partial charge on any atom is -0.786 e. The largest absolute Gasteiger partial charge is 1.00 e. The topological polar surface area (TPSA) is 52.5 Å². The van der Waals surface area contributed by atoms with Gasteiger partial charge in [0.05, 0.1) is 15.2 Å². The molecule has 0 aromatic rings. The second-order valence-electron chi connectivity index (χ2n) is 5.31. The van der Waals surface area contributed by atoms with Crippen molar-refractivity contribution < 1.29 is 43.9 Å². The van der Waals surface area contributed by atoms with Gasteiger partial charge >= 0.3 is 29.6 Å². The van der Waals surface area contributed by atoms with Crippen LogP contribution in [0.1, 0.15) is 90.4 Å². The Balaban J connectivity index is 0. The van der Waals surface area contributed by atoms with Crippen LogP contribution in [0.2, 0.25) is 0 Å². The van der Waals surface area contributed by atoms with Crippen molar-refractivity contribution >= 4 is 8.60 Å². The molecule has 0 bridgehead atoms. The van der Waals surface area contributed by atoms with Crippen LogP contribution in [-0.4, -0.2) is 11.5 Å². The summed E-state index contributed by atoms with van der Waals surface area (Å²) in [5, 5.41) is 0. The van der Waals surface area contributed by atoms with E-state index in [0.29, 0.717) is 6.61 Å². The van der Waals surface area contributed by atoms with Gasteiger partial charge in [0.25, 0.3) is 0 Å². The molecule has 0 radical (unpaired) electrons. The van der Waals surface area contributed by atoms with Crippen LogP contribution in [0.15, 0.2) is 0 Å². The molecule has 0 aliphatic rings. The third-order valence-corrected chi connectivity index (χ3v) is 3.85. The van der Waals surface area contributed by atoms with E-state index < -0.39 is 8.60 Å². The number of hydrogen-bond donors (Lipinski definition) is 1. The summed E-state index contributed by atoms with van der Waals surface area (Å²) in [4.78, 5) is 18.7. The Hall–Kier alpha value is 1.31. The fourth-order valence-electron chi connectivity index (χ4n) is 2.26. The Morgan fingerprint density at radius 2 is 1.10 bits per heavy atom. The third-order valence-electron chi connectivity index (χ3n) is 3.45. The van der Waals surface area contributed by atoms with Gasteiger partial charge < -0.3 is 14.3 Å². The standard InChI is InChI=1S/C15H32O3P.Na/c1-2-3-4-5-6-7-8-9-10-11-12-13-14-15-18-19(16)17;/h16H,2-15H2,1H3;/q-1;+1. The maximum atomic E-state index is 10.2. The molecule has 0 saturated carbocycles. The normalized spacial score (nSPS) is 12.2. The predicted molar refractivity (Wildman–Crippen MR) is 80.8 cm³/mol. The summed E-state index contributed by atoms with van der Waals surface area (Å²) in [7, 11) is -2.39. The van der Waals surface area contributed by atoms with E-state index in [0.717, 1.165) is 12.8 Å². The summed E-state index contributed by atoms with van der Waals surface area (Å²) in [6, 6.07) is 0. The fraction of sp³-hybridized carbons (Fsp3) is 1.00. The van der Waals surface area contributed by atoms with Gasteiger partial charge in [-0.3, -0.25) is 0 Å². The van der Waals surface area contributed by atoms with E-state index >= 15 is 0 Å².